The van der Waals surface area contributed by atoms with E-state index in [1.54, 1.807) is 18.7 Å². The van der Waals surface area contributed by atoms with E-state index >= 15 is 0 Å². The molecule has 3 aromatic heterocycles. The number of hydrogen-bond acceptors (Lipinski definition) is 7. The number of aryl methyl sites for hydroxylation is 2. The van der Waals surface area contributed by atoms with Gasteiger partial charge in [-0.2, -0.15) is 0 Å². The van der Waals surface area contributed by atoms with E-state index < -0.39 is 0 Å². The molecular weight excluding hydrogens is 387 g/mol. The van der Waals surface area contributed by atoms with Crippen molar-refractivity contribution in [3.8, 4) is 11.4 Å². The third-order valence-corrected chi connectivity index (χ3v) is 4.73. The Hall–Kier alpha value is -2.03. The van der Waals surface area contributed by atoms with Crippen LogP contribution in [0.5, 0.6) is 0 Å². The fourth-order valence-corrected chi connectivity index (χ4v) is 3.30. The average Bonchev–Trinajstić information content (AvgIpc) is 3.19. The standard InChI is InChI=1S/C17H22N8.2ClH/c1-4-25-16(12-7-19-11(3)20-8-12)24-14-15(21-9-22-17(14)25)23-13-5-6-18-10(13)2;;/h7-10,13,18H,4-6H2,1-3H3,(H,21,22,23);2*1H/t10-,13+;;/m1../s1. The Bertz CT molecular complexity index is 896. The van der Waals surface area contributed by atoms with E-state index in [0.717, 1.165) is 53.7 Å². The lowest BCUT2D eigenvalue weighted by atomic mass is 10.1. The second-order valence-corrected chi connectivity index (χ2v) is 6.38. The summed E-state index contributed by atoms with van der Waals surface area (Å²) in [5.74, 6) is 2.35. The highest BCUT2D eigenvalue weighted by Crippen LogP contribution is 2.27. The molecule has 8 nitrogen and oxygen atoms in total. The quantitative estimate of drug-likeness (QED) is 0.682. The van der Waals surface area contributed by atoms with Gasteiger partial charge in [-0.05, 0) is 33.7 Å². The summed E-state index contributed by atoms with van der Waals surface area (Å²) >= 11 is 0. The molecule has 0 radical (unpaired) electrons. The fraction of sp³-hybridized carbons (Fsp3) is 0.471. The molecule has 0 saturated carbocycles. The summed E-state index contributed by atoms with van der Waals surface area (Å²) in [5, 5.41) is 6.99. The van der Waals surface area contributed by atoms with Gasteiger partial charge in [-0.1, -0.05) is 0 Å². The lowest BCUT2D eigenvalue weighted by Gasteiger charge is -2.17. The van der Waals surface area contributed by atoms with Gasteiger partial charge in [0, 0.05) is 31.0 Å². The maximum atomic E-state index is 4.83. The third-order valence-electron chi connectivity index (χ3n) is 4.73. The lowest BCUT2D eigenvalue weighted by Crippen LogP contribution is -2.32. The molecule has 2 N–H and O–H groups in total. The fourth-order valence-electron chi connectivity index (χ4n) is 3.30. The summed E-state index contributed by atoms with van der Waals surface area (Å²) in [6.45, 7) is 7.91. The first-order valence-electron chi connectivity index (χ1n) is 8.67. The molecule has 10 heteroatoms. The molecule has 0 spiro atoms. The van der Waals surface area contributed by atoms with Crippen LogP contribution in [0.25, 0.3) is 22.6 Å². The number of anilines is 1. The zero-order valence-corrected chi connectivity index (χ0v) is 17.1. The number of imidazole rings is 1. The van der Waals surface area contributed by atoms with Gasteiger partial charge in [-0.3, -0.25) is 0 Å². The van der Waals surface area contributed by atoms with Crippen LogP contribution in [-0.4, -0.2) is 48.1 Å². The molecular formula is C17H24Cl2N8. The van der Waals surface area contributed by atoms with Crippen molar-refractivity contribution in [2.45, 2.75) is 45.8 Å². The van der Waals surface area contributed by atoms with Crippen molar-refractivity contribution in [1.29, 1.82) is 0 Å². The van der Waals surface area contributed by atoms with Crippen molar-refractivity contribution in [2.24, 2.45) is 0 Å². The van der Waals surface area contributed by atoms with E-state index in [0.29, 0.717) is 12.1 Å². The Balaban J connectivity index is 0.00000131. The van der Waals surface area contributed by atoms with Gasteiger partial charge in [0.1, 0.15) is 18.0 Å². The number of nitrogens with zero attached hydrogens (tertiary/aromatic N) is 6. The van der Waals surface area contributed by atoms with Crippen molar-refractivity contribution in [3.63, 3.8) is 0 Å². The molecule has 146 valence electrons. The zero-order valence-electron chi connectivity index (χ0n) is 15.5. The maximum absolute atomic E-state index is 4.83. The van der Waals surface area contributed by atoms with E-state index in [4.69, 9.17) is 4.98 Å². The first-order chi connectivity index (χ1) is 12.2. The van der Waals surface area contributed by atoms with Crippen molar-refractivity contribution in [3.05, 3.63) is 24.5 Å². The van der Waals surface area contributed by atoms with Gasteiger partial charge in [0.15, 0.2) is 17.0 Å². The first-order valence-corrected chi connectivity index (χ1v) is 8.67. The molecule has 1 fully saturated rings. The van der Waals surface area contributed by atoms with Crippen LogP contribution in [-0.2, 0) is 6.54 Å². The van der Waals surface area contributed by atoms with Crippen molar-refractivity contribution < 1.29 is 0 Å². The highest BCUT2D eigenvalue weighted by Gasteiger charge is 2.25. The van der Waals surface area contributed by atoms with Gasteiger partial charge in [0.2, 0.25) is 0 Å². The molecule has 0 unspecified atom stereocenters. The minimum Gasteiger partial charge on any atom is -0.364 e. The number of rotatable bonds is 4. The largest absolute Gasteiger partial charge is 0.364 e. The number of hydrogen-bond donors (Lipinski definition) is 2. The smallest absolute Gasteiger partial charge is 0.165 e. The van der Waals surface area contributed by atoms with Gasteiger partial charge < -0.3 is 15.2 Å². The summed E-state index contributed by atoms with van der Waals surface area (Å²) in [5.41, 5.74) is 2.50. The highest BCUT2D eigenvalue weighted by molar-refractivity contribution is 5.86. The molecule has 1 aliphatic rings. The van der Waals surface area contributed by atoms with Crippen LogP contribution in [0.3, 0.4) is 0 Å². The minimum atomic E-state index is 0. The normalized spacial score (nSPS) is 18.8. The molecule has 4 rings (SSSR count). The second kappa shape index (κ2) is 8.77. The Morgan fingerprint density at radius 2 is 1.93 bits per heavy atom. The predicted octanol–water partition coefficient (Wildman–Crippen LogP) is 2.62. The molecule has 0 aromatic carbocycles. The van der Waals surface area contributed by atoms with Crippen molar-refractivity contribution in [1.82, 2.24) is 34.8 Å². The molecule has 0 bridgehead atoms. The summed E-state index contributed by atoms with van der Waals surface area (Å²) in [7, 11) is 0. The van der Waals surface area contributed by atoms with E-state index in [-0.39, 0.29) is 24.8 Å². The van der Waals surface area contributed by atoms with E-state index in [2.05, 4.69) is 49.0 Å². The molecule has 3 aromatic rings. The molecule has 0 amide bonds. The Morgan fingerprint density at radius 1 is 1.19 bits per heavy atom. The molecule has 27 heavy (non-hydrogen) atoms. The second-order valence-electron chi connectivity index (χ2n) is 6.38. The van der Waals surface area contributed by atoms with Gasteiger partial charge in [-0.15, -0.1) is 24.8 Å². The third kappa shape index (κ3) is 3.97. The first kappa shape index (κ1) is 21.3. The SMILES string of the molecule is CCn1c(-c2cnc(C)nc2)nc2c(N[C@H]3CCN[C@@H]3C)ncnc21.Cl.Cl. The van der Waals surface area contributed by atoms with E-state index in [1.165, 1.54) is 0 Å². The van der Waals surface area contributed by atoms with Crippen LogP contribution < -0.4 is 10.6 Å². The van der Waals surface area contributed by atoms with Crippen LogP contribution >= 0.6 is 24.8 Å². The highest BCUT2D eigenvalue weighted by atomic mass is 35.5. The van der Waals surface area contributed by atoms with E-state index in [9.17, 15) is 0 Å². The molecule has 1 saturated heterocycles. The maximum Gasteiger partial charge on any atom is 0.165 e. The lowest BCUT2D eigenvalue weighted by molar-refractivity contribution is 0.613. The Kier molecular flexibility index (Phi) is 6.91. The summed E-state index contributed by atoms with van der Waals surface area (Å²) in [6.07, 6.45) is 6.28. The monoisotopic (exact) mass is 410 g/mol. The topological polar surface area (TPSA) is 93.4 Å². The van der Waals surface area contributed by atoms with Crippen molar-refractivity contribution >= 4 is 41.8 Å². The number of nitrogens with one attached hydrogen (secondary N) is 2. The van der Waals surface area contributed by atoms with Gasteiger partial charge in [0.25, 0.3) is 0 Å². The van der Waals surface area contributed by atoms with Gasteiger partial charge in [-0.25, -0.2) is 24.9 Å². The van der Waals surface area contributed by atoms with Crippen molar-refractivity contribution in [2.75, 3.05) is 11.9 Å². The Labute approximate surface area is 170 Å². The molecule has 0 aliphatic carbocycles. The van der Waals surface area contributed by atoms with Crippen LogP contribution in [0.4, 0.5) is 5.82 Å². The molecule has 4 heterocycles. The summed E-state index contributed by atoms with van der Waals surface area (Å²) in [6, 6.07) is 0.749. The molecule has 2 atom stereocenters. The zero-order chi connectivity index (χ0) is 17.4. The average molecular weight is 411 g/mol. The van der Waals surface area contributed by atoms with E-state index in [1.807, 2.05) is 6.92 Å². The van der Waals surface area contributed by atoms with Gasteiger partial charge >= 0.3 is 0 Å². The number of halogens is 2. The van der Waals surface area contributed by atoms with Crippen LogP contribution in [0.15, 0.2) is 18.7 Å². The van der Waals surface area contributed by atoms with Crippen LogP contribution in [0.1, 0.15) is 26.1 Å². The Morgan fingerprint density at radius 3 is 2.56 bits per heavy atom. The summed E-state index contributed by atoms with van der Waals surface area (Å²) in [4.78, 5) is 22.3. The van der Waals surface area contributed by atoms with Crippen LogP contribution in [0.2, 0.25) is 0 Å². The van der Waals surface area contributed by atoms with Gasteiger partial charge in [0.05, 0.1) is 5.56 Å². The number of fused-ring (bicyclic) bond motifs is 1. The summed E-state index contributed by atoms with van der Waals surface area (Å²) < 4.78 is 2.08. The van der Waals surface area contributed by atoms with Crippen LogP contribution in [0, 0.1) is 6.92 Å². The number of aromatic nitrogens is 6. The molecule has 1 aliphatic heterocycles. The minimum absolute atomic E-state index is 0. The predicted molar refractivity (Wildman–Crippen MR) is 111 cm³/mol.